The highest BCUT2D eigenvalue weighted by atomic mass is 16.5. The molecule has 1 aromatic heterocycles. The summed E-state index contributed by atoms with van der Waals surface area (Å²) in [5.74, 6) is -1.33. The Morgan fingerprint density at radius 3 is 2.50 bits per heavy atom. The molecule has 8 heteroatoms. The number of hydrogen-bond donors (Lipinski definition) is 0. The summed E-state index contributed by atoms with van der Waals surface area (Å²) in [6.45, 7) is 2.49. The van der Waals surface area contributed by atoms with Crippen LogP contribution >= 0.6 is 0 Å². The molecule has 1 fully saturated rings. The Balaban J connectivity index is 1.68. The zero-order chi connectivity index (χ0) is 21.7. The van der Waals surface area contributed by atoms with Crippen LogP contribution in [0.4, 0.5) is 0 Å². The Hall–Kier alpha value is -3.00. The maximum absolute atomic E-state index is 12.8. The molecular formula is C22H26N2O6. The van der Waals surface area contributed by atoms with Crippen molar-refractivity contribution in [3.63, 3.8) is 0 Å². The number of benzene rings is 1. The Labute approximate surface area is 175 Å². The van der Waals surface area contributed by atoms with Gasteiger partial charge in [0.1, 0.15) is 0 Å². The fraction of sp³-hybridized carbons (Fsp3) is 0.455. The van der Waals surface area contributed by atoms with Crippen LogP contribution in [0, 0.1) is 12.8 Å². The monoisotopic (exact) mass is 414 g/mol. The lowest BCUT2D eigenvalue weighted by atomic mass is 9.97. The van der Waals surface area contributed by atoms with Crippen LogP contribution in [0.1, 0.15) is 34.5 Å². The highest BCUT2D eigenvalue weighted by Gasteiger charge is 2.29. The second-order valence-corrected chi connectivity index (χ2v) is 7.26. The first-order valence-electron chi connectivity index (χ1n) is 9.86. The van der Waals surface area contributed by atoms with Gasteiger partial charge in [-0.25, -0.2) is 9.78 Å². The molecule has 30 heavy (non-hydrogen) atoms. The molecule has 0 N–H and O–H groups in total. The number of pyridine rings is 1. The molecular weight excluding hydrogens is 388 g/mol. The van der Waals surface area contributed by atoms with Gasteiger partial charge in [0, 0.05) is 25.6 Å². The van der Waals surface area contributed by atoms with Gasteiger partial charge in [-0.1, -0.05) is 18.2 Å². The first kappa shape index (κ1) is 21.7. The van der Waals surface area contributed by atoms with E-state index in [1.165, 1.54) is 14.2 Å². The van der Waals surface area contributed by atoms with Crippen molar-refractivity contribution in [2.75, 3.05) is 33.9 Å². The van der Waals surface area contributed by atoms with Crippen molar-refractivity contribution >= 4 is 28.7 Å². The third-order valence-corrected chi connectivity index (χ3v) is 5.42. The summed E-state index contributed by atoms with van der Waals surface area (Å²) >= 11 is 0. The molecule has 8 nitrogen and oxygen atoms in total. The minimum absolute atomic E-state index is 0.158. The van der Waals surface area contributed by atoms with Crippen molar-refractivity contribution in [3.8, 4) is 0 Å². The number of likely N-dealkylation sites (tertiary alicyclic amines) is 1. The van der Waals surface area contributed by atoms with Gasteiger partial charge in [0.25, 0.3) is 5.91 Å². The van der Waals surface area contributed by atoms with E-state index < -0.39 is 5.97 Å². The third-order valence-electron chi connectivity index (χ3n) is 5.42. The molecule has 3 rings (SSSR count). The van der Waals surface area contributed by atoms with Crippen LogP contribution in [0.15, 0.2) is 24.3 Å². The average molecular weight is 414 g/mol. The molecule has 1 amide bonds. The van der Waals surface area contributed by atoms with E-state index in [1.54, 1.807) is 4.90 Å². The van der Waals surface area contributed by atoms with E-state index in [9.17, 15) is 14.4 Å². The van der Waals surface area contributed by atoms with Crippen molar-refractivity contribution in [3.05, 3.63) is 41.1 Å². The Kier molecular flexibility index (Phi) is 6.99. The number of amides is 1. The third kappa shape index (κ3) is 4.59. The molecule has 2 heterocycles. The van der Waals surface area contributed by atoms with E-state index in [1.807, 2.05) is 31.2 Å². The summed E-state index contributed by atoms with van der Waals surface area (Å²) < 4.78 is 15.3. The smallest absolute Gasteiger partial charge is 0.340 e. The van der Waals surface area contributed by atoms with Gasteiger partial charge in [-0.2, -0.15) is 0 Å². The lowest BCUT2D eigenvalue weighted by Gasteiger charge is -2.30. The van der Waals surface area contributed by atoms with Crippen LogP contribution in [0.2, 0.25) is 0 Å². The molecule has 0 saturated carbocycles. The van der Waals surface area contributed by atoms with Gasteiger partial charge in [0.15, 0.2) is 6.61 Å². The molecule has 0 bridgehead atoms. The predicted molar refractivity (Wildman–Crippen MR) is 109 cm³/mol. The van der Waals surface area contributed by atoms with Crippen molar-refractivity contribution in [2.45, 2.75) is 26.4 Å². The SMILES string of the molecule is COCc1nc2ccccc2c(C)c1C(=O)OCC(=O)N1CCC(C(=O)OC)CC1. The summed E-state index contributed by atoms with van der Waals surface area (Å²) in [7, 11) is 2.89. The number of aromatic nitrogens is 1. The average Bonchev–Trinajstić information content (AvgIpc) is 2.77. The van der Waals surface area contributed by atoms with Gasteiger partial charge in [-0.3, -0.25) is 9.59 Å². The van der Waals surface area contributed by atoms with E-state index in [4.69, 9.17) is 14.2 Å². The maximum Gasteiger partial charge on any atom is 0.340 e. The number of methoxy groups -OCH3 is 2. The Bertz CT molecular complexity index is 950. The first-order valence-corrected chi connectivity index (χ1v) is 9.86. The molecule has 0 unspecified atom stereocenters. The fourth-order valence-corrected chi connectivity index (χ4v) is 3.77. The molecule has 0 atom stereocenters. The topological polar surface area (TPSA) is 95.0 Å². The summed E-state index contributed by atoms with van der Waals surface area (Å²) in [6.07, 6.45) is 1.08. The standard InChI is InChI=1S/C22H26N2O6/c1-14-16-6-4-5-7-17(16)23-18(12-28-2)20(14)22(27)30-13-19(25)24-10-8-15(9-11-24)21(26)29-3/h4-7,15H,8-13H2,1-3H3. The fourth-order valence-electron chi connectivity index (χ4n) is 3.77. The van der Waals surface area contributed by atoms with Crippen LogP contribution in [0.5, 0.6) is 0 Å². The quantitative estimate of drug-likeness (QED) is 0.669. The second kappa shape index (κ2) is 9.67. The van der Waals surface area contributed by atoms with Gasteiger partial charge in [0.2, 0.25) is 0 Å². The highest BCUT2D eigenvalue weighted by molar-refractivity contribution is 5.99. The van der Waals surface area contributed by atoms with Gasteiger partial charge in [0.05, 0.1) is 36.4 Å². The number of piperidine rings is 1. The minimum atomic E-state index is -0.601. The predicted octanol–water partition coefficient (Wildman–Crippen LogP) is 2.26. The van der Waals surface area contributed by atoms with Crippen molar-refractivity contribution in [1.82, 2.24) is 9.88 Å². The highest BCUT2D eigenvalue weighted by Crippen LogP contribution is 2.24. The molecule has 1 saturated heterocycles. The number of aryl methyl sites for hydroxylation is 1. The van der Waals surface area contributed by atoms with Crippen molar-refractivity contribution in [1.29, 1.82) is 0 Å². The summed E-state index contributed by atoms with van der Waals surface area (Å²) in [4.78, 5) is 43.1. The number of carbonyl (C=O) groups is 3. The molecule has 1 aromatic carbocycles. The van der Waals surface area contributed by atoms with Crippen LogP contribution < -0.4 is 0 Å². The number of ether oxygens (including phenoxy) is 3. The Morgan fingerprint density at radius 1 is 1.13 bits per heavy atom. The Morgan fingerprint density at radius 2 is 1.83 bits per heavy atom. The number of hydrogen-bond acceptors (Lipinski definition) is 7. The number of fused-ring (bicyclic) bond motifs is 1. The van der Waals surface area contributed by atoms with Gasteiger partial charge < -0.3 is 19.1 Å². The zero-order valence-electron chi connectivity index (χ0n) is 17.5. The van der Waals surface area contributed by atoms with E-state index >= 15 is 0 Å². The number of para-hydroxylation sites is 1. The normalized spacial score (nSPS) is 14.6. The first-order chi connectivity index (χ1) is 14.5. The molecule has 160 valence electrons. The summed E-state index contributed by atoms with van der Waals surface area (Å²) in [6, 6.07) is 7.52. The number of nitrogens with zero attached hydrogens (tertiary/aromatic N) is 2. The molecule has 0 aliphatic carbocycles. The van der Waals surface area contributed by atoms with E-state index in [0.717, 1.165) is 16.5 Å². The van der Waals surface area contributed by atoms with E-state index in [0.29, 0.717) is 37.2 Å². The van der Waals surface area contributed by atoms with E-state index in [2.05, 4.69) is 4.98 Å². The van der Waals surface area contributed by atoms with Crippen LogP contribution in [0.25, 0.3) is 10.9 Å². The molecule has 0 radical (unpaired) electrons. The lowest BCUT2D eigenvalue weighted by molar-refractivity contribution is -0.149. The van der Waals surface area contributed by atoms with Crippen LogP contribution in [-0.4, -0.2) is 61.6 Å². The maximum atomic E-state index is 12.8. The molecule has 0 spiro atoms. The zero-order valence-corrected chi connectivity index (χ0v) is 17.5. The second-order valence-electron chi connectivity index (χ2n) is 7.26. The van der Waals surface area contributed by atoms with Crippen LogP contribution in [0.3, 0.4) is 0 Å². The van der Waals surface area contributed by atoms with E-state index in [-0.39, 0.29) is 31.0 Å². The van der Waals surface area contributed by atoms with Gasteiger partial charge >= 0.3 is 11.9 Å². The number of carbonyl (C=O) groups excluding carboxylic acids is 3. The summed E-state index contributed by atoms with van der Waals surface area (Å²) in [5, 5.41) is 0.848. The molecule has 1 aliphatic rings. The van der Waals surface area contributed by atoms with Gasteiger partial charge in [-0.15, -0.1) is 0 Å². The van der Waals surface area contributed by atoms with Gasteiger partial charge in [-0.05, 0) is 31.4 Å². The minimum Gasteiger partial charge on any atom is -0.469 e. The largest absolute Gasteiger partial charge is 0.469 e. The molecule has 2 aromatic rings. The molecule has 1 aliphatic heterocycles. The number of esters is 2. The van der Waals surface area contributed by atoms with Crippen molar-refractivity contribution in [2.24, 2.45) is 5.92 Å². The lowest BCUT2D eigenvalue weighted by Crippen LogP contribution is -2.42. The van der Waals surface area contributed by atoms with Crippen molar-refractivity contribution < 1.29 is 28.6 Å². The summed E-state index contributed by atoms with van der Waals surface area (Å²) in [5.41, 5.74) is 2.31. The van der Waals surface area contributed by atoms with Crippen LogP contribution in [-0.2, 0) is 30.4 Å². The number of rotatable bonds is 6.